The molecule has 21 heavy (non-hydrogen) atoms. The van der Waals surface area contributed by atoms with E-state index in [0.29, 0.717) is 5.56 Å². The number of hydroxylamine groups is 1. The second-order valence-corrected chi connectivity index (χ2v) is 4.62. The van der Waals surface area contributed by atoms with E-state index in [1.807, 2.05) is 18.2 Å². The van der Waals surface area contributed by atoms with Gasteiger partial charge in [0.05, 0.1) is 7.11 Å². The zero-order valence-electron chi connectivity index (χ0n) is 11.6. The second kappa shape index (κ2) is 5.76. The Labute approximate surface area is 122 Å². The zero-order valence-corrected chi connectivity index (χ0v) is 11.6. The summed E-state index contributed by atoms with van der Waals surface area (Å²) >= 11 is 0. The van der Waals surface area contributed by atoms with Gasteiger partial charge in [0, 0.05) is 23.9 Å². The molecule has 3 rings (SSSR count). The number of hydrogen-bond acceptors (Lipinski definition) is 4. The fraction of sp³-hybridized carbons (Fsp3) is 0.125. The summed E-state index contributed by atoms with van der Waals surface area (Å²) < 4.78 is 0. The van der Waals surface area contributed by atoms with Crippen LogP contribution in [-0.2, 0) is 4.84 Å². The number of hydrogen-bond donors (Lipinski definition) is 2. The van der Waals surface area contributed by atoms with E-state index >= 15 is 0 Å². The topological polar surface area (TPSA) is 63.2 Å². The number of pyridine rings is 1. The summed E-state index contributed by atoms with van der Waals surface area (Å²) in [4.78, 5) is 20.6. The normalized spacial score (nSPS) is 12.4. The first-order valence-electron chi connectivity index (χ1n) is 6.63. The highest BCUT2D eigenvalue weighted by Gasteiger charge is 2.12. The number of aromatic nitrogens is 1. The molecule has 0 fully saturated rings. The van der Waals surface area contributed by atoms with Crippen LogP contribution in [0.25, 0.3) is 17.2 Å². The summed E-state index contributed by atoms with van der Waals surface area (Å²) in [7, 11) is 1.41. The molecule has 0 bridgehead atoms. The highest BCUT2D eigenvalue weighted by Crippen LogP contribution is 2.30. The van der Waals surface area contributed by atoms with Crippen molar-refractivity contribution < 1.29 is 9.63 Å². The van der Waals surface area contributed by atoms with Crippen LogP contribution >= 0.6 is 0 Å². The molecule has 5 heteroatoms. The Kier molecular flexibility index (Phi) is 3.66. The minimum atomic E-state index is -0.262. The van der Waals surface area contributed by atoms with Crippen molar-refractivity contribution in [1.29, 1.82) is 0 Å². The van der Waals surface area contributed by atoms with Gasteiger partial charge in [-0.05, 0) is 29.3 Å². The van der Waals surface area contributed by atoms with Crippen molar-refractivity contribution in [3.05, 3.63) is 53.7 Å². The third-order valence-electron chi connectivity index (χ3n) is 3.31. The molecule has 0 unspecified atom stereocenters. The molecular formula is C16H15N3O2. The molecule has 1 aliphatic heterocycles. The molecule has 0 aliphatic carbocycles. The first kappa shape index (κ1) is 13.3. The molecule has 1 aromatic carbocycles. The molecule has 0 saturated heterocycles. The average molecular weight is 281 g/mol. The van der Waals surface area contributed by atoms with Crippen molar-refractivity contribution >= 4 is 17.8 Å². The lowest BCUT2D eigenvalue weighted by Gasteiger charge is -2.15. The molecule has 2 N–H and O–H groups in total. The largest absolute Gasteiger partial charge is 0.366 e. The van der Waals surface area contributed by atoms with E-state index in [4.69, 9.17) is 0 Å². The Bertz CT molecular complexity index is 693. The Balaban J connectivity index is 1.95. The lowest BCUT2D eigenvalue weighted by atomic mass is 9.98. The van der Waals surface area contributed by atoms with Crippen LogP contribution < -0.4 is 10.8 Å². The van der Waals surface area contributed by atoms with Gasteiger partial charge in [0.15, 0.2) is 0 Å². The van der Waals surface area contributed by atoms with Crippen molar-refractivity contribution in [3.8, 4) is 11.1 Å². The molecule has 1 amide bonds. The van der Waals surface area contributed by atoms with Gasteiger partial charge in [0.2, 0.25) is 0 Å². The standard InChI is InChI=1S/C16H15N3O2/c1-21-19-16(20)12-6-4-11(5-7-12)13-8-10-18-15-14(13)3-2-9-17-15/h2-8,10H,9H2,1H3,(H,17,18)(H,19,20). The molecule has 0 saturated carbocycles. The molecule has 0 atom stereocenters. The maximum absolute atomic E-state index is 11.7. The van der Waals surface area contributed by atoms with Gasteiger partial charge in [-0.25, -0.2) is 10.5 Å². The summed E-state index contributed by atoms with van der Waals surface area (Å²) in [5.74, 6) is 0.624. The Morgan fingerprint density at radius 2 is 2.10 bits per heavy atom. The fourth-order valence-corrected chi connectivity index (χ4v) is 2.32. The average Bonchev–Trinajstić information content (AvgIpc) is 2.55. The van der Waals surface area contributed by atoms with E-state index in [-0.39, 0.29) is 5.91 Å². The van der Waals surface area contributed by atoms with Crippen LogP contribution in [0, 0.1) is 0 Å². The number of fused-ring (bicyclic) bond motifs is 1. The van der Waals surface area contributed by atoms with Crippen molar-refractivity contribution in [1.82, 2.24) is 10.5 Å². The van der Waals surface area contributed by atoms with Gasteiger partial charge in [-0.1, -0.05) is 24.3 Å². The number of nitrogens with zero attached hydrogens (tertiary/aromatic N) is 1. The van der Waals surface area contributed by atoms with Crippen molar-refractivity contribution in [3.63, 3.8) is 0 Å². The molecule has 106 valence electrons. The van der Waals surface area contributed by atoms with Crippen LogP contribution in [-0.4, -0.2) is 24.5 Å². The smallest absolute Gasteiger partial charge is 0.274 e. The molecule has 2 heterocycles. The molecule has 2 aromatic rings. The van der Waals surface area contributed by atoms with Gasteiger partial charge in [-0.15, -0.1) is 0 Å². The molecule has 5 nitrogen and oxygen atoms in total. The number of carbonyl (C=O) groups excluding carboxylic acids is 1. The zero-order chi connectivity index (χ0) is 14.7. The van der Waals surface area contributed by atoms with Crippen LogP contribution in [0.3, 0.4) is 0 Å². The van der Waals surface area contributed by atoms with Crippen LogP contribution in [0.5, 0.6) is 0 Å². The van der Waals surface area contributed by atoms with E-state index < -0.39 is 0 Å². The SMILES string of the molecule is CONC(=O)c1ccc(-c2ccnc3c2C=CCN3)cc1. The maximum atomic E-state index is 11.7. The molecule has 0 spiro atoms. The predicted octanol–water partition coefficient (Wildman–Crippen LogP) is 2.48. The Hall–Kier alpha value is -2.66. The third-order valence-corrected chi connectivity index (χ3v) is 3.31. The van der Waals surface area contributed by atoms with Crippen molar-refractivity contribution in [2.24, 2.45) is 0 Å². The van der Waals surface area contributed by atoms with Gasteiger partial charge < -0.3 is 5.32 Å². The van der Waals surface area contributed by atoms with Crippen molar-refractivity contribution in [2.75, 3.05) is 19.0 Å². The summed E-state index contributed by atoms with van der Waals surface area (Å²) in [5.41, 5.74) is 6.04. The van der Waals surface area contributed by atoms with E-state index in [0.717, 1.165) is 29.1 Å². The number of carbonyl (C=O) groups is 1. The summed E-state index contributed by atoms with van der Waals surface area (Å²) in [6.45, 7) is 0.791. The lowest BCUT2D eigenvalue weighted by molar-refractivity contribution is 0.0537. The predicted molar refractivity (Wildman–Crippen MR) is 81.7 cm³/mol. The molecule has 0 radical (unpaired) electrons. The third kappa shape index (κ3) is 2.64. The number of rotatable bonds is 3. The Morgan fingerprint density at radius 1 is 1.29 bits per heavy atom. The first-order valence-corrected chi connectivity index (χ1v) is 6.63. The van der Waals surface area contributed by atoms with Gasteiger partial charge in [0.1, 0.15) is 5.82 Å². The summed E-state index contributed by atoms with van der Waals surface area (Å²) in [6.07, 6.45) is 5.92. The number of benzene rings is 1. The Morgan fingerprint density at radius 3 is 2.86 bits per heavy atom. The monoisotopic (exact) mass is 281 g/mol. The second-order valence-electron chi connectivity index (χ2n) is 4.62. The van der Waals surface area contributed by atoms with Crippen LogP contribution in [0.15, 0.2) is 42.6 Å². The van der Waals surface area contributed by atoms with Crippen LogP contribution in [0.4, 0.5) is 5.82 Å². The number of amides is 1. The van der Waals surface area contributed by atoms with E-state index in [1.165, 1.54) is 7.11 Å². The van der Waals surface area contributed by atoms with E-state index in [9.17, 15) is 4.79 Å². The fourth-order valence-electron chi connectivity index (χ4n) is 2.32. The summed E-state index contributed by atoms with van der Waals surface area (Å²) in [6, 6.07) is 9.36. The summed E-state index contributed by atoms with van der Waals surface area (Å²) in [5, 5.41) is 3.24. The maximum Gasteiger partial charge on any atom is 0.274 e. The molecule has 1 aliphatic rings. The minimum Gasteiger partial charge on any atom is -0.366 e. The molecular weight excluding hydrogens is 266 g/mol. The first-order chi connectivity index (χ1) is 10.3. The molecule has 1 aromatic heterocycles. The van der Waals surface area contributed by atoms with E-state index in [1.54, 1.807) is 18.3 Å². The quantitative estimate of drug-likeness (QED) is 0.848. The van der Waals surface area contributed by atoms with Gasteiger partial charge in [-0.2, -0.15) is 0 Å². The van der Waals surface area contributed by atoms with Gasteiger partial charge >= 0.3 is 0 Å². The van der Waals surface area contributed by atoms with Crippen LogP contribution in [0.1, 0.15) is 15.9 Å². The highest BCUT2D eigenvalue weighted by molar-refractivity contribution is 5.94. The van der Waals surface area contributed by atoms with E-state index in [2.05, 4.69) is 32.8 Å². The highest BCUT2D eigenvalue weighted by atomic mass is 16.6. The number of nitrogens with one attached hydrogen (secondary N) is 2. The van der Waals surface area contributed by atoms with Gasteiger partial charge in [-0.3, -0.25) is 9.63 Å². The van der Waals surface area contributed by atoms with Crippen molar-refractivity contribution in [2.45, 2.75) is 0 Å². The minimum absolute atomic E-state index is 0.262. The lowest BCUT2D eigenvalue weighted by Crippen LogP contribution is -2.21. The van der Waals surface area contributed by atoms with Gasteiger partial charge in [0.25, 0.3) is 5.91 Å². The van der Waals surface area contributed by atoms with Crippen LogP contribution in [0.2, 0.25) is 0 Å². The number of anilines is 1.